The third-order valence-corrected chi connectivity index (χ3v) is 4.29. The molecule has 0 saturated carbocycles. The fraction of sp³-hybridized carbons (Fsp3) is 0.500. The molecule has 1 fully saturated rings. The molecule has 0 bridgehead atoms. The quantitative estimate of drug-likeness (QED) is 0.873. The van der Waals surface area contributed by atoms with Gasteiger partial charge in [-0.25, -0.2) is 4.79 Å². The number of hydrogen-bond donors (Lipinski definition) is 1. The fourth-order valence-electron chi connectivity index (χ4n) is 2.05. The molecule has 102 valence electrons. The first kappa shape index (κ1) is 13.8. The van der Waals surface area contributed by atoms with Gasteiger partial charge in [-0.3, -0.25) is 4.79 Å². The summed E-state index contributed by atoms with van der Waals surface area (Å²) < 4.78 is 0. The molecule has 6 nitrogen and oxygen atoms in total. The number of hydrogen-bond acceptors (Lipinski definition) is 5. The Morgan fingerprint density at radius 1 is 1.42 bits per heavy atom. The van der Waals surface area contributed by atoms with Crippen molar-refractivity contribution in [2.45, 2.75) is 32.2 Å². The van der Waals surface area contributed by atoms with Gasteiger partial charge in [0.2, 0.25) is 0 Å². The van der Waals surface area contributed by atoms with Crippen molar-refractivity contribution < 1.29 is 14.7 Å². The first-order chi connectivity index (χ1) is 8.91. The average Bonchev–Trinajstić information content (AvgIpc) is 2.73. The number of aromatic nitrogens is 2. The van der Waals surface area contributed by atoms with E-state index in [0.717, 1.165) is 0 Å². The van der Waals surface area contributed by atoms with Crippen LogP contribution < -0.4 is 0 Å². The lowest BCUT2D eigenvalue weighted by molar-refractivity contribution is -0.141. The summed E-state index contributed by atoms with van der Waals surface area (Å²) in [5.74, 6) is -0.847. The summed E-state index contributed by atoms with van der Waals surface area (Å²) in [6.07, 6.45) is 0. The van der Waals surface area contributed by atoms with Crippen molar-refractivity contribution in [1.82, 2.24) is 15.1 Å². The standard InChI is InChI=1S/C12H15N3O3S/c1-6-4-9(7(2)14-13-6)11(16)15-8(3)19-5-10(15)12(17)18/h4,8,10H,5H2,1-3H3,(H,17,18). The summed E-state index contributed by atoms with van der Waals surface area (Å²) >= 11 is 1.46. The highest BCUT2D eigenvalue weighted by Crippen LogP contribution is 2.30. The van der Waals surface area contributed by atoms with E-state index in [1.807, 2.05) is 6.92 Å². The van der Waals surface area contributed by atoms with Crippen molar-refractivity contribution in [3.8, 4) is 0 Å². The van der Waals surface area contributed by atoms with E-state index in [9.17, 15) is 14.7 Å². The number of thioether (sulfide) groups is 1. The Bertz CT molecular complexity index is 535. The molecule has 2 unspecified atom stereocenters. The van der Waals surface area contributed by atoms with Gasteiger partial charge in [0.25, 0.3) is 5.91 Å². The Labute approximate surface area is 115 Å². The summed E-state index contributed by atoms with van der Waals surface area (Å²) in [7, 11) is 0. The van der Waals surface area contributed by atoms with Gasteiger partial charge in [0.05, 0.1) is 22.3 Å². The van der Waals surface area contributed by atoms with E-state index in [1.165, 1.54) is 16.7 Å². The van der Waals surface area contributed by atoms with Gasteiger partial charge in [-0.2, -0.15) is 10.2 Å². The zero-order valence-electron chi connectivity index (χ0n) is 11.0. The molecular formula is C12H15N3O3S. The van der Waals surface area contributed by atoms with Crippen molar-refractivity contribution in [3.63, 3.8) is 0 Å². The van der Waals surface area contributed by atoms with Crippen LogP contribution in [0.3, 0.4) is 0 Å². The van der Waals surface area contributed by atoms with E-state index in [1.54, 1.807) is 19.9 Å². The molecule has 1 N–H and O–H groups in total. The van der Waals surface area contributed by atoms with Gasteiger partial charge in [-0.15, -0.1) is 11.8 Å². The van der Waals surface area contributed by atoms with E-state index in [2.05, 4.69) is 10.2 Å². The second-order valence-electron chi connectivity index (χ2n) is 4.48. The number of nitrogens with zero attached hydrogens (tertiary/aromatic N) is 3. The van der Waals surface area contributed by atoms with Gasteiger partial charge in [0.15, 0.2) is 0 Å². The Balaban J connectivity index is 2.37. The summed E-state index contributed by atoms with van der Waals surface area (Å²) in [6, 6.07) is 0.875. The second kappa shape index (κ2) is 5.16. The number of carboxylic acids is 1. The van der Waals surface area contributed by atoms with E-state index < -0.39 is 12.0 Å². The number of amides is 1. The van der Waals surface area contributed by atoms with Crippen LogP contribution in [0.15, 0.2) is 6.07 Å². The molecule has 1 amide bonds. The predicted octanol–water partition coefficient (Wildman–Crippen LogP) is 1.08. The molecule has 2 heterocycles. The van der Waals surface area contributed by atoms with Crippen LogP contribution in [0.2, 0.25) is 0 Å². The van der Waals surface area contributed by atoms with E-state index >= 15 is 0 Å². The van der Waals surface area contributed by atoms with Gasteiger partial charge < -0.3 is 10.0 Å². The van der Waals surface area contributed by atoms with Crippen LogP contribution in [0.4, 0.5) is 0 Å². The summed E-state index contributed by atoms with van der Waals surface area (Å²) in [5.41, 5.74) is 1.58. The number of carboxylic acid groups (broad SMARTS) is 1. The van der Waals surface area contributed by atoms with Crippen molar-refractivity contribution in [1.29, 1.82) is 0 Å². The average molecular weight is 281 g/mol. The van der Waals surface area contributed by atoms with E-state index in [0.29, 0.717) is 22.7 Å². The zero-order valence-corrected chi connectivity index (χ0v) is 11.8. The smallest absolute Gasteiger partial charge is 0.327 e. The molecule has 1 aliphatic heterocycles. The lowest BCUT2D eigenvalue weighted by Crippen LogP contribution is -2.45. The highest BCUT2D eigenvalue weighted by atomic mass is 32.2. The maximum atomic E-state index is 12.5. The first-order valence-corrected chi connectivity index (χ1v) is 6.94. The Morgan fingerprint density at radius 2 is 2.11 bits per heavy atom. The molecule has 1 aliphatic rings. The maximum absolute atomic E-state index is 12.5. The molecule has 1 aromatic rings. The molecule has 1 aromatic heterocycles. The van der Waals surface area contributed by atoms with E-state index in [4.69, 9.17) is 0 Å². The highest BCUT2D eigenvalue weighted by molar-refractivity contribution is 8.00. The van der Waals surface area contributed by atoms with E-state index in [-0.39, 0.29) is 11.3 Å². The van der Waals surface area contributed by atoms with Crippen molar-refractivity contribution in [2.24, 2.45) is 0 Å². The van der Waals surface area contributed by atoms with Crippen LogP contribution in [-0.2, 0) is 4.79 Å². The monoisotopic (exact) mass is 281 g/mol. The Morgan fingerprint density at radius 3 is 2.74 bits per heavy atom. The Hall–Kier alpha value is -1.63. The largest absolute Gasteiger partial charge is 0.480 e. The third kappa shape index (κ3) is 2.56. The minimum absolute atomic E-state index is 0.151. The van der Waals surface area contributed by atoms with Crippen LogP contribution in [0.25, 0.3) is 0 Å². The van der Waals surface area contributed by atoms with Gasteiger partial charge in [-0.1, -0.05) is 0 Å². The number of aliphatic carboxylic acids is 1. The Kier molecular flexibility index (Phi) is 3.75. The van der Waals surface area contributed by atoms with Crippen LogP contribution in [0, 0.1) is 13.8 Å². The lowest BCUT2D eigenvalue weighted by Gasteiger charge is -2.25. The SMILES string of the molecule is Cc1cc(C(=O)N2C(C)SCC2C(=O)O)c(C)nn1. The highest BCUT2D eigenvalue weighted by Gasteiger charge is 2.40. The minimum Gasteiger partial charge on any atom is -0.480 e. The molecule has 2 rings (SSSR count). The molecule has 2 atom stereocenters. The van der Waals surface area contributed by atoms with Gasteiger partial charge >= 0.3 is 5.97 Å². The second-order valence-corrected chi connectivity index (χ2v) is 5.83. The first-order valence-electron chi connectivity index (χ1n) is 5.90. The van der Waals surface area contributed by atoms with Gasteiger partial charge in [0.1, 0.15) is 6.04 Å². The summed E-state index contributed by atoms with van der Waals surface area (Å²) in [4.78, 5) is 25.1. The molecule has 1 saturated heterocycles. The molecular weight excluding hydrogens is 266 g/mol. The van der Waals surface area contributed by atoms with Crippen LogP contribution in [0.5, 0.6) is 0 Å². The number of aryl methyl sites for hydroxylation is 2. The molecule has 0 radical (unpaired) electrons. The molecule has 0 spiro atoms. The minimum atomic E-state index is -0.971. The molecule has 0 aromatic carbocycles. The van der Waals surface area contributed by atoms with Crippen molar-refractivity contribution >= 4 is 23.6 Å². The molecule has 7 heteroatoms. The van der Waals surface area contributed by atoms with Gasteiger partial charge in [0, 0.05) is 5.75 Å². The topological polar surface area (TPSA) is 83.4 Å². The molecule has 0 aliphatic carbocycles. The van der Waals surface area contributed by atoms with Crippen LogP contribution in [0.1, 0.15) is 28.7 Å². The summed E-state index contributed by atoms with van der Waals surface area (Å²) in [5, 5.41) is 16.8. The normalized spacial score (nSPS) is 22.6. The zero-order chi connectivity index (χ0) is 14.2. The molecule has 19 heavy (non-hydrogen) atoms. The number of carbonyl (C=O) groups excluding carboxylic acids is 1. The van der Waals surface area contributed by atoms with Crippen molar-refractivity contribution in [2.75, 3.05) is 5.75 Å². The maximum Gasteiger partial charge on any atom is 0.327 e. The van der Waals surface area contributed by atoms with Crippen LogP contribution in [-0.4, -0.2) is 49.2 Å². The predicted molar refractivity (Wildman–Crippen MR) is 71.0 cm³/mol. The lowest BCUT2D eigenvalue weighted by atomic mass is 10.1. The number of rotatable bonds is 2. The van der Waals surface area contributed by atoms with Crippen molar-refractivity contribution in [3.05, 3.63) is 23.0 Å². The number of carbonyl (C=O) groups is 2. The summed E-state index contributed by atoms with van der Waals surface area (Å²) in [6.45, 7) is 5.28. The van der Waals surface area contributed by atoms with Crippen LogP contribution >= 0.6 is 11.8 Å². The fourth-order valence-corrected chi connectivity index (χ4v) is 3.21. The van der Waals surface area contributed by atoms with Gasteiger partial charge in [-0.05, 0) is 26.8 Å². The third-order valence-electron chi connectivity index (χ3n) is 3.07.